The third-order valence-electron chi connectivity index (χ3n) is 3.53. The Labute approximate surface area is 133 Å². The van der Waals surface area contributed by atoms with E-state index in [2.05, 4.69) is 15.3 Å². The normalized spacial score (nSPS) is 10.5. The van der Waals surface area contributed by atoms with E-state index in [1.807, 2.05) is 31.2 Å². The van der Waals surface area contributed by atoms with Gasteiger partial charge in [-0.05, 0) is 36.8 Å². The third-order valence-corrected chi connectivity index (χ3v) is 3.53. The van der Waals surface area contributed by atoms with E-state index in [4.69, 9.17) is 0 Å². The van der Waals surface area contributed by atoms with E-state index in [1.165, 1.54) is 12.1 Å². The molecule has 2 N–H and O–H groups in total. The zero-order chi connectivity index (χ0) is 16.2. The molecule has 0 fully saturated rings. The summed E-state index contributed by atoms with van der Waals surface area (Å²) in [4.78, 5) is 19.3. The second kappa shape index (κ2) is 6.44. The maximum Gasteiger partial charge on any atom is 0.228 e. The first kappa shape index (κ1) is 15.0. The van der Waals surface area contributed by atoms with Gasteiger partial charge < -0.3 is 10.3 Å². The number of imidazole rings is 1. The molecule has 0 saturated carbocycles. The lowest BCUT2D eigenvalue weighted by molar-refractivity contribution is -0.115. The van der Waals surface area contributed by atoms with Crippen molar-refractivity contribution in [2.24, 2.45) is 0 Å². The number of aromatic nitrogens is 2. The lowest BCUT2D eigenvalue weighted by Gasteiger charge is -2.06. The van der Waals surface area contributed by atoms with Gasteiger partial charge in [-0.3, -0.25) is 4.79 Å². The molecule has 116 valence electrons. The fraction of sp³-hybridized carbons (Fsp3) is 0.111. The number of carbonyl (C=O) groups excluding carboxylic acids is 1. The summed E-state index contributed by atoms with van der Waals surface area (Å²) in [6.45, 7) is 1.96. The summed E-state index contributed by atoms with van der Waals surface area (Å²) in [6, 6.07) is 13.5. The Kier molecular flexibility index (Phi) is 4.19. The summed E-state index contributed by atoms with van der Waals surface area (Å²) >= 11 is 0. The molecule has 0 unspecified atom stereocenters. The smallest absolute Gasteiger partial charge is 0.228 e. The van der Waals surface area contributed by atoms with Crippen LogP contribution in [0.25, 0.3) is 11.3 Å². The minimum absolute atomic E-state index is 0.137. The molecule has 2 aromatic carbocycles. The van der Waals surface area contributed by atoms with Crippen molar-refractivity contribution in [1.29, 1.82) is 0 Å². The van der Waals surface area contributed by atoms with Gasteiger partial charge in [-0.15, -0.1) is 0 Å². The zero-order valence-electron chi connectivity index (χ0n) is 12.6. The van der Waals surface area contributed by atoms with Crippen LogP contribution in [0, 0.1) is 12.7 Å². The maximum absolute atomic E-state index is 13.1. The lowest BCUT2D eigenvalue weighted by Crippen LogP contribution is -2.14. The molecule has 0 saturated heterocycles. The molecule has 1 amide bonds. The van der Waals surface area contributed by atoms with Crippen LogP contribution in [-0.4, -0.2) is 15.9 Å². The maximum atomic E-state index is 13.1. The minimum Gasteiger partial charge on any atom is -0.348 e. The second-order valence-electron chi connectivity index (χ2n) is 5.31. The third kappa shape index (κ3) is 3.63. The van der Waals surface area contributed by atoms with Crippen molar-refractivity contribution >= 4 is 11.6 Å². The topological polar surface area (TPSA) is 57.8 Å². The van der Waals surface area contributed by atoms with Crippen LogP contribution in [0.1, 0.15) is 11.3 Å². The Morgan fingerprint density at radius 3 is 2.65 bits per heavy atom. The number of hydrogen-bond acceptors (Lipinski definition) is 2. The molecule has 0 atom stereocenters. The van der Waals surface area contributed by atoms with Crippen molar-refractivity contribution in [2.45, 2.75) is 13.3 Å². The number of anilines is 1. The fourth-order valence-corrected chi connectivity index (χ4v) is 2.40. The van der Waals surface area contributed by atoms with Gasteiger partial charge in [0, 0.05) is 16.9 Å². The van der Waals surface area contributed by atoms with Crippen molar-refractivity contribution in [1.82, 2.24) is 9.97 Å². The standard InChI is InChI=1S/C18H16FN3O/c1-12-18(21-11-20-12)14-5-7-16(8-6-14)22-17(23)10-13-3-2-4-15(19)9-13/h2-9,11H,10H2,1H3,(H,20,21)(H,22,23). The summed E-state index contributed by atoms with van der Waals surface area (Å²) in [5.41, 5.74) is 4.21. The SMILES string of the molecule is Cc1[nH]cnc1-c1ccc(NC(=O)Cc2cccc(F)c2)cc1. The molecule has 0 aliphatic rings. The Bertz CT molecular complexity index is 824. The van der Waals surface area contributed by atoms with Gasteiger partial charge in [0.25, 0.3) is 0 Å². The van der Waals surface area contributed by atoms with Crippen LogP contribution >= 0.6 is 0 Å². The highest BCUT2D eigenvalue weighted by molar-refractivity contribution is 5.92. The van der Waals surface area contributed by atoms with Crippen LogP contribution in [-0.2, 0) is 11.2 Å². The van der Waals surface area contributed by atoms with E-state index in [0.717, 1.165) is 17.0 Å². The Hall–Kier alpha value is -2.95. The molecule has 0 spiro atoms. The van der Waals surface area contributed by atoms with Crippen LogP contribution in [0.5, 0.6) is 0 Å². The number of H-pyrrole nitrogens is 1. The highest BCUT2D eigenvalue weighted by Gasteiger charge is 2.07. The largest absolute Gasteiger partial charge is 0.348 e. The predicted octanol–water partition coefficient (Wildman–Crippen LogP) is 3.71. The average Bonchev–Trinajstić information content (AvgIpc) is 2.94. The fourth-order valence-electron chi connectivity index (χ4n) is 2.40. The number of benzene rings is 2. The molecule has 3 aromatic rings. The highest BCUT2D eigenvalue weighted by Crippen LogP contribution is 2.21. The van der Waals surface area contributed by atoms with E-state index in [0.29, 0.717) is 11.3 Å². The molecule has 3 rings (SSSR count). The van der Waals surface area contributed by atoms with Gasteiger partial charge in [-0.1, -0.05) is 24.3 Å². The average molecular weight is 309 g/mol. The molecular weight excluding hydrogens is 293 g/mol. The number of rotatable bonds is 4. The van der Waals surface area contributed by atoms with Gasteiger partial charge in [0.1, 0.15) is 5.82 Å². The number of halogens is 1. The molecule has 5 heteroatoms. The number of nitrogens with zero attached hydrogens (tertiary/aromatic N) is 1. The summed E-state index contributed by atoms with van der Waals surface area (Å²) in [7, 11) is 0. The van der Waals surface area contributed by atoms with Crippen molar-refractivity contribution in [3.63, 3.8) is 0 Å². The predicted molar refractivity (Wildman–Crippen MR) is 87.5 cm³/mol. The van der Waals surface area contributed by atoms with Crippen LogP contribution in [0.4, 0.5) is 10.1 Å². The number of nitrogens with one attached hydrogen (secondary N) is 2. The quantitative estimate of drug-likeness (QED) is 0.772. The molecule has 0 aliphatic carbocycles. The van der Waals surface area contributed by atoms with E-state index in [1.54, 1.807) is 18.5 Å². The monoisotopic (exact) mass is 309 g/mol. The van der Waals surface area contributed by atoms with Crippen LogP contribution < -0.4 is 5.32 Å². The molecular formula is C18H16FN3O. The molecule has 1 aromatic heterocycles. The number of amides is 1. The highest BCUT2D eigenvalue weighted by atomic mass is 19.1. The van der Waals surface area contributed by atoms with Crippen molar-refractivity contribution in [3.05, 3.63) is 71.9 Å². The Balaban J connectivity index is 1.66. The van der Waals surface area contributed by atoms with Gasteiger partial charge in [0.05, 0.1) is 18.4 Å². The molecule has 23 heavy (non-hydrogen) atoms. The zero-order valence-corrected chi connectivity index (χ0v) is 12.6. The van der Waals surface area contributed by atoms with Crippen molar-refractivity contribution in [2.75, 3.05) is 5.32 Å². The van der Waals surface area contributed by atoms with E-state index < -0.39 is 0 Å². The molecule has 0 aliphatic heterocycles. The summed E-state index contributed by atoms with van der Waals surface area (Å²) in [6.07, 6.45) is 1.79. The second-order valence-corrected chi connectivity index (χ2v) is 5.31. The van der Waals surface area contributed by atoms with Gasteiger partial charge in [-0.2, -0.15) is 0 Å². The van der Waals surface area contributed by atoms with Crippen LogP contribution in [0.3, 0.4) is 0 Å². The van der Waals surface area contributed by atoms with Crippen molar-refractivity contribution < 1.29 is 9.18 Å². The molecule has 1 heterocycles. The Morgan fingerprint density at radius 2 is 2.00 bits per heavy atom. The summed E-state index contributed by atoms with van der Waals surface area (Å²) in [5, 5.41) is 2.81. The van der Waals surface area contributed by atoms with Crippen LogP contribution in [0.15, 0.2) is 54.9 Å². The van der Waals surface area contributed by atoms with Gasteiger partial charge >= 0.3 is 0 Å². The number of hydrogen-bond donors (Lipinski definition) is 2. The van der Waals surface area contributed by atoms with Gasteiger partial charge in [0.2, 0.25) is 5.91 Å². The molecule has 4 nitrogen and oxygen atoms in total. The van der Waals surface area contributed by atoms with E-state index >= 15 is 0 Å². The first-order valence-electron chi connectivity index (χ1n) is 7.26. The number of aromatic amines is 1. The molecule has 0 bridgehead atoms. The van der Waals surface area contributed by atoms with E-state index in [-0.39, 0.29) is 18.1 Å². The molecule has 0 radical (unpaired) electrons. The van der Waals surface area contributed by atoms with E-state index in [9.17, 15) is 9.18 Å². The first-order chi connectivity index (χ1) is 11.1. The summed E-state index contributed by atoms with van der Waals surface area (Å²) < 4.78 is 13.1. The van der Waals surface area contributed by atoms with Gasteiger partial charge in [0.15, 0.2) is 0 Å². The van der Waals surface area contributed by atoms with Gasteiger partial charge in [-0.25, -0.2) is 9.37 Å². The number of aryl methyl sites for hydroxylation is 1. The van der Waals surface area contributed by atoms with Crippen LogP contribution in [0.2, 0.25) is 0 Å². The lowest BCUT2D eigenvalue weighted by atomic mass is 10.1. The van der Waals surface area contributed by atoms with Crippen molar-refractivity contribution in [3.8, 4) is 11.3 Å². The first-order valence-corrected chi connectivity index (χ1v) is 7.26. The summed E-state index contributed by atoms with van der Waals surface area (Å²) in [5.74, 6) is -0.520. The number of carbonyl (C=O) groups is 1. The Morgan fingerprint density at radius 1 is 1.22 bits per heavy atom. The minimum atomic E-state index is -0.339.